The number of hydrogen-bond donors (Lipinski definition) is 1. The predicted octanol–water partition coefficient (Wildman–Crippen LogP) is 2.93. The zero-order valence-electron chi connectivity index (χ0n) is 11.7. The summed E-state index contributed by atoms with van der Waals surface area (Å²) in [6.07, 6.45) is 3.30. The van der Waals surface area contributed by atoms with Crippen LogP contribution in [0, 0.1) is 19.8 Å². The van der Waals surface area contributed by atoms with Gasteiger partial charge in [0.15, 0.2) is 0 Å². The van der Waals surface area contributed by atoms with Gasteiger partial charge in [0.25, 0.3) is 0 Å². The van der Waals surface area contributed by atoms with Gasteiger partial charge in [-0.15, -0.1) is 0 Å². The lowest BCUT2D eigenvalue weighted by molar-refractivity contribution is -0.119. The second-order valence-electron chi connectivity index (χ2n) is 4.79. The summed E-state index contributed by atoms with van der Waals surface area (Å²) < 4.78 is 2.86. The summed E-state index contributed by atoms with van der Waals surface area (Å²) in [6.45, 7) is 6.36. The Bertz CT molecular complexity index is 609. The molecule has 2 aromatic rings. The normalized spacial score (nSPS) is 12.2. The first-order valence-corrected chi connectivity index (χ1v) is 7.18. The van der Waals surface area contributed by atoms with E-state index in [0.29, 0.717) is 6.54 Å². The molecular weight excluding hydrogens is 320 g/mol. The average molecular weight is 337 g/mol. The Kier molecular flexibility index (Phi) is 4.54. The number of nitrogens with zero attached hydrogens (tertiary/aromatic N) is 3. The van der Waals surface area contributed by atoms with E-state index in [9.17, 15) is 4.79 Å². The molecule has 5 nitrogen and oxygen atoms in total. The van der Waals surface area contributed by atoms with Gasteiger partial charge in [-0.3, -0.25) is 14.5 Å². The van der Waals surface area contributed by atoms with Crippen molar-refractivity contribution in [1.82, 2.24) is 14.8 Å². The van der Waals surface area contributed by atoms with Crippen molar-refractivity contribution in [3.8, 4) is 0 Å². The quantitative estimate of drug-likeness (QED) is 0.933. The monoisotopic (exact) mass is 336 g/mol. The van der Waals surface area contributed by atoms with Crippen LogP contribution in [-0.2, 0) is 11.3 Å². The number of hydrogen-bond acceptors (Lipinski definition) is 3. The number of halogens is 1. The molecule has 1 unspecified atom stereocenters. The number of pyridine rings is 1. The zero-order valence-corrected chi connectivity index (χ0v) is 13.3. The van der Waals surface area contributed by atoms with Gasteiger partial charge in [-0.2, -0.15) is 5.10 Å². The first-order valence-electron chi connectivity index (χ1n) is 6.39. The molecular formula is C14H17BrN4O. The molecule has 0 radical (unpaired) electrons. The molecule has 6 heteroatoms. The summed E-state index contributed by atoms with van der Waals surface area (Å²) in [5.74, 6) is -0.201. The number of carbonyl (C=O) groups excluding carboxylic acids is 1. The van der Waals surface area contributed by atoms with E-state index in [2.05, 4.69) is 31.3 Å². The molecule has 1 amide bonds. The minimum absolute atomic E-state index is 0.0279. The van der Waals surface area contributed by atoms with Crippen LogP contribution in [0.15, 0.2) is 29.0 Å². The van der Waals surface area contributed by atoms with E-state index < -0.39 is 0 Å². The largest absolute Gasteiger partial charge is 0.326 e. The molecule has 0 aliphatic rings. The van der Waals surface area contributed by atoms with E-state index >= 15 is 0 Å². The second kappa shape index (κ2) is 6.17. The lowest BCUT2D eigenvalue weighted by atomic mass is 10.1. The van der Waals surface area contributed by atoms with E-state index in [-0.39, 0.29) is 11.8 Å². The minimum Gasteiger partial charge on any atom is -0.326 e. The Morgan fingerprint density at radius 1 is 1.40 bits per heavy atom. The Morgan fingerprint density at radius 3 is 2.60 bits per heavy atom. The summed E-state index contributed by atoms with van der Waals surface area (Å²) in [6, 6.07) is 3.54. The maximum absolute atomic E-state index is 12.1. The lowest BCUT2D eigenvalue weighted by Crippen LogP contribution is -2.25. The Labute approximate surface area is 126 Å². The highest BCUT2D eigenvalue weighted by atomic mass is 79.9. The molecule has 0 aliphatic carbocycles. The van der Waals surface area contributed by atoms with Crippen LogP contribution in [0.2, 0.25) is 0 Å². The Morgan fingerprint density at radius 2 is 2.05 bits per heavy atom. The van der Waals surface area contributed by atoms with Gasteiger partial charge in [-0.1, -0.05) is 6.92 Å². The third kappa shape index (κ3) is 3.25. The topological polar surface area (TPSA) is 59.8 Å². The van der Waals surface area contributed by atoms with E-state index in [1.165, 1.54) is 0 Å². The van der Waals surface area contributed by atoms with Crippen LogP contribution < -0.4 is 5.32 Å². The summed E-state index contributed by atoms with van der Waals surface area (Å²) in [4.78, 5) is 16.1. The van der Waals surface area contributed by atoms with Crippen molar-refractivity contribution >= 4 is 27.5 Å². The van der Waals surface area contributed by atoms with E-state index in [0.717, 1.165) is 21.5 Å². The highest BCUT2D eigenvalue weighted by Gasteiger charge is 2.17. The van der Waals surface area contributed by atoms with Gasteiger partial charge in [0.2, 0.25) is 5.91 Å². The van der Waals surface area contributed by atoms with Crippen LogP contribution in [0.1, 0.15) is 18.3 Å². The lowest BCUT2D eigenvalue weighted by Gasteiger charge is -2.13. The third-order valence-corrected chi connectivity index (χ3v) is 4.28. The number of nitrogens with one attached hydrogen (secondary N) is 1. The van der Waals surface area contributed by atoms with Crippen molar-refractivity contribution in [2.24, 2.45) is 5.92 Å². The molecule has 2 heterocycles. The maximum atomic E-state index is 12.1. The molecule has 20 heavy (non-hydrogen) atoms. The molecule has 0 aliphatic heterocycles. The van der Waals surface area contributed by atoms with Crippen LogP contribution in [0.3, 0.4) is 0 Å². The van der Waals surface area contributed by atoms with E-state index in [1.54, 1.807) is 24.5 Å². The summed E-state index contributed by atoms with van der Waals surface area (Å²) in [7, 11) is 0. The number of rotatable bonds is 4. The molecule has 1 atom stereocenters. The van der Waals surface area contributed by atoms with Gasteiger partial charge in [-0.05, 0) is 41.9 Å². The van der Waals surface area contributed by atoms with Crippen molar-refractivity contribution in [2.45, 2.75) is 27.3 Å². The number of aryl methyl sites for hydroxylation is 1. The average Bonchev–Trinajstić information content (AvgIpc) is 2.67. The molecule has 0 bridgehead atoms. The fraction of sp³-hybridized carbons (Fsp3) is 0.357. The van der Waals surface area contributed by atoms with Crippen LogP contribution in [0.5, 0.6) is 0 Å². The summed E-state index contributed by atoms with van der Waals surface area (Å²) in [5.41, 5.74) is 2.72. The standard InChI is InChI=1S/C14H17BrN4O/c1-9(8-19-11(3)13(15)10(2)18-19)14(20)17-12-4-6-16-7-5-12/h4-7,9H,8H2,1-3H3,(H,16,17,20). The molecule has 0 saturated carbocycles. The van der Waals surface area contributed by atoms with Crippen LogP contribution in [0.4, 0.5) is 5.69 Å². The fourth-order valence-corrected chi connectivity index (χ4v) is 2.18. The molecule has 106 valence electrons. The predicted molar refractivity (Wildman–Crippen MR) is 81.4 cm³/mol. The highest BCUT2D eigenvalue weighted by molar-refractivity contribution is 9.10. The van der Waals surface area contributed by atoms with Gasteiger partial charge in [0.05, 0.1) is 22.6 Å². The molecule has 2 aromatic heterocycles. The van der Waals surface area contributed by atoms with E-state index in [4.69, 9.17) is 0 Å². The molecule has 0 saturated heterocycles. The number of amides is 1. The molecule has 0 aromatic carbocycles. The summed E-state index contributed by atoms with van der Waals surface area (Å²) in [5, 5.41) is 7.29. The highest BCUT2D eigenvalue weighted by Crippen LogP contribution is 2.20. The Hall–Kier alpha value is -1.69. The molecule has 0 fully saturated rings. The van der Waals surface area contributed by atoms with Crippen molar-refractivity contribution in [3.05, 3.63) is 40.4 Å². The fourth-order valence-electron chi connectivity index (χ4n) is 1.90. The molecule has 0 spiro atoms. The second-order valence-corrected chi connectivity index (χ2v) is 5.59. The van der Waals surface area contributed by atoms with Gasteiger partial charge >= 0.3 is 0 Å². The van der Waals surface area contributed by atoms with Crippen molar-refractivity contribution < 1.29 is 4.79 Å². The van der Waals surface area contributed by atoms with Crippen LogP contribution >= 0.6 is 15.9 Å². The molecule has 1 N–H and O–H groups in total. The van der Waals surface area contributed by atoms with Crippen molar-refractivity contribution in [3.63, 3.8) is 0 Å². The minimum atomic E-state index is -0.173. The van der Waals surface area contributed by atoms with Crippen LogP contribution in [0.25, 0.3) is 0 Å². The van der Waals surface area contributed by atoms with Gasteiger partial charge in [-0.25, -0.2) is 0 Å². The first-order chi connectivity index (χ1) is 9.49. The van der Waals surface area contributed by atoms with Gasteiger partial charge in [0, 0.05) is 23.8 Å². The number of aromatic nitrogens is 3. The first kappa shape index (κ1) is 14.7. The molecule has 2 rings (SSSR count). The number of anilines is 1. The van der Waals surface area contributed by atoms with Crippen LogP contribution in [-0.4, -0.2) is 20.7 Å². The number of carbonyl (C=O) groups is 1. The maximum Gasteiger partial charge on any atom is 0.229 e. The summed E-state index contributed by atoms with van der Waals surface area (Å²) >= 11 is 3.49. The SMILES string of the molecule is Cc1nn(CC(C)C(=O)Nc2ccncc2)c(C)c1Br. The third-order valence-electron chi connectivity index (χ3n) is 3.14. The Balaban J connectivity index is 2.02. The van der Waals surface area contributed by atoms with Crippen molar-refractivity contribution in [2.75, 3.05) is 5.32 Å². The van der Waals surface area contributed by atoms with Crippen molar-refractivity contribution in [1.29, 1.82) is 0 Å². The van der Waals surface area contributed by atoms with E-state index in [1.807, 2.05) is 25.5 Å². The van der Waals surface area contributed by atoms with Gasteiger partial charge in [0.1, 0.15) is 0 Å². The van der Waals surface area contributed by atoms with Gasteiger partial charge < -0.3 is 5.32 Å². The zero-order chi connectivity index (χ0) is 14.7. The smallest absolute Gasteiger partial charge is 0.229 e.